The van der Waals surface area contributed by atoms with Crippen LogP contribution in [0.1, 0.15) is 30.0 Å². The number of ether oxygens (including phenoxy) is 1. The molecule has 3 rings (SSSR count). The van der Waals surface area contributed by atoms with Gasteiger partial charge in [-0.15, -0.1) is 0 Å². The van der Waals surface area contributed by atoms with Crippen LogP contribution >= 0.6 is 0 Å². The summed E-state index contributed by atoms with van der Waals surface area (Å²) in [5, 5.41) is 11.1. The highest BCUT2D eigenvalue weighted by atomic mass is 16.5. The first-order chi connectivity index (χ1) is 9.63. The molecule has 0 aromatic heterocycles. The third-order valence-corrected chi connectivity index (χ3v) is 3.95. The predicted molar refractivity (Wildman–Crippen MR) is 79.8 cm³/mol. The van der Waals surface area contributed by atoms with Crippen molar-refractivity contribution in [2.24, 2.45) is 0 Å². The number of nitrogen functional groups attached to an aromatic ring is 1. The molecule has 104 valence electrons. The largest absolute Gasteiger partial charge is 0.494 e. The van der Waals surface area contributed by atoms with Crippen molar-refractivity contribution in [3.63, 3.8) is 0 Å². The van der Waals surface area contributed by atoms with E-state index in [4.69, 9.17) is 10.5 Å². The van der Waals surface area contributed by atoms with Gasteiger partial charge in [-0.05, 0) is 60.7 Å². The highest BCUT2D eigenvalue weighted by Gasteiger charge is 2.38. The summed E-state index contributed by atoms with van der Waals surface area (Å²) < 4.78 is 5.53. The van der Waals surface area contributed by atoms with Crippen LogP contribution in [0.15, 0.2) is 42.5 Å². The first-order valence-electron chi connectivity index (χ1n) is 6.98. The van der Waals surface area contributed by atoms with Crippen molar-refractivity contribution in [3.05, 3.63) is 59.2 Å². The predicted octanol–water partition coefficient (Wildman–Crippen LogP) is 2.85. The van der Waals surface area contributed by atoms with E-state index in [1.54, 1.807) is 0 Å². The summed E-state index contributed by atoms with van der Waals surface area (Å²) in [6.45, 7) is 2.57. The molecule has 0 amide bonds. The molecule has 1 unspecified atom stereocenters. The van der Waals surface area contributed by atoms with Gasteiger partial charge in [-0.2, -0.15) is 0 Å². The number of benzene rings is 2. The summed E-state index contributed by atoms with van der Waals surface area (Å²) >= 11 is 0. The van der Waals surface area contributed by atoms with Crippen LogP contribution < -0.4 is 10.5 Å². The molecule has 3 nitrogen and oxygen atoms in total. The Hall–Kier alpha value is -2.00. The number of aliphatic hydroxyl groups is 1. The van der Waals surface area contributed by atoms with Gasteiger partial charge in [-0.1, -0.05) is 18.2 Å². The van der Waals surface area contributed by atoms with Gasteiger partial charge in [0.15, 0.2) is 0 Å². The SMILES string of the molecule is CCOc1cccc(C2(O)CCc3cc(N)ccc32)c1. The monoisotopic (exact) mass is 269 g/mol. The number of fused-ring (bicyclic) bond motifs is 1. The molecule has 2 aromatic rings. The molecule has 0 heterocycles. The van der Waals surface area contributed by atoms with Gasteiger partial charge in [0.2, 0.25) is 0 Å². The van der Waals surface area contributed by atoms with Gasteiger partial charge in [0.25, 0.3) is 0 Å². The van der Waals surface area contributed by atoms with E-state index in [1.165, 1.54) is 0 Å². The van der Waals surface area contributed by atoms with Gasteiger partial charge in [-0.3, -0.25) is 0 Å². The molecule has 1 aliphatic rings. The Morgan fingerprint density at radius 3 is 2.90 bits per heavy atom. The Bertz CT molecular complexity index is 639. The van der Waals surface area contributed by atoms with E-state index in [0.29, 0.717) is 13.0 Å². The number of hydrogen-bond donors (Lipinski definition) is 2. The summed E-state index contributed by atoms with van der Waals surface area (Å²) in [5.74, 6) is 0.794. The third kappa shape index (κ3) is 2.04. The smallest absolute Gasteiger partial charge is 0.119 e. The standard InChI is InChI=1S/C17H19NO2/c1-2-20-15-5-3-4-13(11-15)17(19)9-8-12-10-14(18)6-7-16(12)17/h3-7,10-11,19H,2,8-9,18H2,1H3. The molecule has 0 saturated heterocycles. The Morgan fingerprint density at radius 1 is 1.25 bits per heavy atom. The van der Waals surface area contributed by atoms with Gasteiger partial charge in [0.05, 0.1) is 6.61 Å². The normalized spacial score (nSPS) is 20.7. The van der Waals surface area contributed by atoms with Crippen LogP contribution in [-0.4, -0.2) is 11.7 Å². The summed E-state index contributed by atoms with van der Waals surface area (Å²) in [6.07, 6.45) is 1.52. The maximum absolute atomic E-state index is 11.1. The van der Waals surface area contributed by atoms with Gasteiger partial charge in [0.1, 0.15) is 11.4 Å². The van der Waals surface area contributed by atoms with E-state index < -0.39 is 5.60 Å². The lowest BCUT2D eigenvalue weighted by atomic mass is 9.88. The number of rotatable bonds is 3. The maximum Gasteiger partial charge on any atom is 0.119 e. The Labute approximate surface area is 119 Å². The van der Waals surface area contributed by atoms with Crippen LogP contribution in [0.25, 0.3) is 0 Å². The molecular formula is C17H19NO2. The molecule has 0 spiro atoms. The fourth-order valence-electron chi connectivity index (χ4n) is 2.98. The Kier molecular flexibility index (Phi) is 3.14. The quantitative estimate of drug-likeness (QED) is 0.842. The Morgan fingerprint density at radius 2 is 2.10 bits per heavy atom. The van der Waals surface area contributed by atoms with Crippen LogP contribution in [-0.2, 0) is 12.0 Å². The minimum atomic E-state index is -0.934. The third-order valence-electron chi connectivity index (χ3n) is 3.95. The highest BCUT2D eigenvalue weighted by molar-refractivity contribution is 5.53. The second-order valence-electron chi connectivity index (χ2n) is 5.24. The summed E-state index contributed by atoms with van der Waals surface area (Å²) in [4.78, 5) is 0. The fraction of sp³-hybridized carbons (Fsp3) is 0.294. The van der Waals surface area contributed by atoms with E-state index in [1.807, 2.05) is 49.4 Å². The first kappa shape index (κ1) is 13.0. The lowest BCUT2D eigenvalue weighted by Gasteiger charge is -2.25. The van der Waals surface area contributed by atoms with Crippen LogP contribution in [0.3, 0.4) is 0 Å². The molecule has 2 aromatic carbocycles. The number of nitrogens with two attached hydrogens (primary N) is 1. The second-order valence-corrected chi connectivity index (χ2v) is 5.24. The maximum atomic E-state index is 11.1. The van der Waals surface area contributed by atoms with Crippen molar-refractivity contribution in [2.45, 2.75) is 25.4 Å². The van der Waals surface area contributed by atoms with Gasteiger partial charge in [0, 0.05) is 5.69 Å². The number of anilines is 1. The van der Waals surface area contributed by atoms with Crippen molar-refractivity contribution >= 4 is 5.69 Å². The topological polar surface area (TPSA) is 55.5 Å². The first-order valence-corrected chi connectivity index (χ1v) is 6.98. The van der Waals surface area contributed by atoms with Crippen molar-refractivity contribution in [2.75, 3.05) is 12.3 Å². The average Bonchev–Trinajstić information content (AvgIpc) is 2.78. The summed E-state index contributed by atoms with van der Waals surface area (Å²) in [6, 6.07) is 13.5. The van der Waals surface area contributed by atoms with Crippen molar-refractivity contribution in [1.29, 1.82) is 0 Å². The molecule has 20 heavy (non-hydrogen) atoms. The average molecular weight is 269 g/mol. The molecule has 1 aliphatic carbocycles. The lowest BCUT2D eigenvalue weighted by molar-refractivity contribution is 0.0826. The zero-order chi connectivity index (χ0) is 14.2. The molecule has 0 fully saturated rings. The van der Waals surface area contributed by atoms with Crippen LogP contribution in [0.4, 0.5) is 5.69 Å². The van der Waals surface area contributed by atoms with Crippen LogP contribution in [0, 0.1) is 0 Å². The minimum Gasteiger partial charge on any atom is -0.494 e. The number of aryl methyl sites for hydroxylation is 1. The lowest BCUT2D eigenvalue weighted by Crippen LogP contribution is -2.23. The molecule has 3 heteroatoms. The molecule has 0 bridgehead atoms. The van der Waals surface area contributed by atoms with Crippen molar-refractivity contribution in [1.82, 2.24) is 0 Å². The van der Waals surface area contributed by atoms with Crippen LogP contribution in [0.2, 0.25) is 0 Å². The molecule has 0 radical (unpaired) electrons. The van der Waals surface area contributed by atoms with E-state index in [9.17, 15) is 5.11 Å². The fourth-order valence-corrected chi connectivity index (χ4v) is 2.98. The van der Waals surface area contributed by atoms with E-state index in [0.717, 1.165) is 34.5 Å². The molecule has 0 saturated carbocycles. The number of hydrogen-bond acceptors (Lipinski definition) is 3. The van der Waals surface area contributed by atoms with E-state index in [-0.39, 0.29) is 0 Å². The zero-order valence-corrected chi connectivity index (χ0v) is 11.6. The molecule has 0 aliphatic heterocycles. The summed E-state index contributed by atoms with van der Waals surface area (Å²) in [5.41, 5.74) is 8.61. The molecule has 1 atom stereocenters. The zero-order valence-electron chi connectivity index (χ0n) is 11.6. The minimum absolute atomic E-state index is 0.620. The van der Waals surface area contributed by atoms with Gasteiger partial charge < -0.3 is 15.6 Å². The van der Waals surface area contributed by atoms with Gasteiger partial charge in [-0.25, -0.2) is 0 Å². The van der Waals surface area contributed by atoms with E-state index >= 15 is 0 Å². The van der Waals surface area contributed by atoms with Gasteiger partial charge >= 0.3 is 0 Å². The van der Waals surface area contributed by atoms with Crippen LogP contribution in [0.5, 0.6) is 5.75 Å². The second kappa shape index (κ2) is 4.84. The summed E-state index contributed by atoms with van der Waals surface area (Å²) in [7, 11) is 0. The van der Waals surface area contributed by atoms with E-state index in [2.05, 4.69) is 0 Å². The van der Waals surface area contributed by atoms with Crippen molar-refractivity contribution < 1.29 is 9.84 Å². The molecule has 3 N–H and O–H groups in total. The molecular weight excluding hydrogens is 250 g/mol. The van der Waals surface area contributed by atoms with Crippen molar-refractivity contribution in [3.8, 4) is 5.75 Å². The highest BCUT2D eigenvalue weighted by Crippen LogP contribution is 2.43. The Balaban J connectivity index is 2.04.